The Kier molecular flexibility index (Phi) is 6.69. The molecule has 2 N–H and O–H groups in total. The lowest BCUT2D eigenvalue weighted by molar-refractivity contribution is -0.117. The highest BCUT2D eigenvalue weighted by Gasteiger charge is 2.19. The molecule has 1 heterocycles. The van der Waals surface area contributed by atoms with E-state index >= 15 is 0 Å². The Morgan fingerprint density at radius 1 is 1.00 bits per heavy atom. The maximum atomic E-state index is 12.8. The van der Waals surface area contributed by atoms with Crippen molar-refractivity contribution < 1.29 is 14.3 Å². The van der Waals surface area contributed by atoms with Gasteiger partial charge in [0, 0.05) is 11.4 Å². The van der Waals surface area contributed by atoms with Crippen LogP contribution in [0, 0.1) is 27.7 Å². The number of hydrogen-bond acceptors (Lipinski definition) is 5. The highest BCUT2D eigenvalue weighted by Crippen LogP contribution is 2.23. The fourth-order valence-corrected chi connectivity index (χ4v) is 3.41. The highest BCUT2D eigenvalue weighted by molar-refractivity contribution is 6.04. The monoisotopic (exact) mass is 421 g/mol. The number of carbonyl (C=O) groups is 2. The number of rotatable bonds is 7. The van der Waals surface area contributed by atoms with E-state index in [-0.39, 0.29) is 24.1 Å². The zero-order valence-electron chi connectivity index (χ0n) is 18.4. The maximum Gasteiger partial charge on any atom is 0.278 e. The van der Waals surface area contributed by atoms with Crippen molar-refractivity contribution in [2.75, 3.05) is 17.2 Å². The van der Waals surface area contributed by atoms with Crippen LogP contribution in [-0.2, 0) is 11.3 Å². The topological polar surface area (TPSA) is 98.1 Å². The number of nitrogens with zero attached hydrogens (tertiary/aromatic N) is 3. The normalized spacial score (nSPS) is 10.6. The third kappa shape index (κ3) is 5.28. The molecule has 0 aliphatic carbocycles. The molecule has 0 saturated carbocycles. The predicted molar refractivity (Wildman–Crippen MR) is 120 cm³/mol. The van der Waals surface area contributed by atoms with E-state index in [1.54, 1.807) is 31.2 Å². The van der Waals surface area contributed by atoms with Gasteiger partial charge in [0.2, 0.25) is 5.91 Å². The summed E-state index contributed by atoms with van der Waals surface area (Å²) in [5, 5.41) is 13.7. The molecule has 3 rings (SSSR count). The van der Waals surface area contributed by atoms with E-state index < -0.39 is 0 Å². The van der Waals surface area contributed by atoms with Crippen LogP contribution in [0.4, 0.5) is 11.4 Å². The van der Waals surface area contributed by atoms with E-state index in [2.05, 4.69) is 20.9 Å². The van der Waals surface area contributed by atoms with Gasteiger partial charge in [0.1, 0.15) is 12.3 Å². The summed E-state index contributed by atoms with van der Waals surface area (Å²) in [6.45, 7) is 10.1. The summed E-state index contributed by atoms with van der Waals surface area (Å²) < 4.78 is 6.80. The lowest BCUT2D eigenvalue weighted by Crippen LogP contribution is -2.21. The molecule has 0 radical (unpaired) electrons. The van der Waals surface area contributed by atoms with Crippen molar-refractivity contribution in [3.63, 3.8) is 0 Å². The number of nitrogens with one attached hydrogen (secondary N) is 2. The van der Waals surface area contributed by atoms with Gasteiger partial charge in [0.15, 0.2) is 5.69 Å². The molecule has 31 heavy (non-hydrogen) atoms. The molecule has 0 saturated heterocycles. The number of ether oxygens (including phenoxy) is 1. The van der Waals surface area contributed by atoms with Crippen LogP contribution in [0.25, 0.3) is 0 Å². The Hall–Kier alpha value is -3.68. The van der Waals surface area contributed by atoms with Gasteiger partial charge >= 0.3 is 0 Å². The largest absolute Gasteiger partial charge is 0.494 e. The third-order valence-corrected chi connectivity index (χ3v) is 4.86. The van der Waals surface area contributed by atoms with E-state index in [0.29, 0.717) is 18.0 Å². The molecule has 8 heteroatoms. The Morgan fingerprint density at radius 3 is 2.26 bits per heavy atom. The molecule has 0 unspecified atom stereocenters. The molecule has 0 aliphatic rings. The summed E-state index contributed by atoms with van der Waals surface area (Å²) in [5.41, 5.74) is 5.20. The molecule has 0 spiro atoms. The van der Waals surface area contributed by atoms with Gasteiger partial charge in [-0.3, -0.25) is 9.59 Å². The first-order valence-electron chi connectivity index (χ1n) is 10.1. The van der Waals surface area contributed by atoms with E-state index in [4.69, 9.17) is 4.74 Å². The molecular weight excluding hydrogens is 394 g/mol. The van der Waals surface area contributed by atoms with Crippen molar-refractivity contribution in [3.8, 4) is 5.75 Å². The van der Waals surface area contributed by atoms with Gasteiger partial charge in [-0.2, -0.15) is 0 Å². The van der Waals surface area contributed by atoms with Crippen LogP contribution in [0.1, 0.15) is 39.8 Å². The number of aryl methyl sites for hydroxylation is 3. The summed E-state index contributed by atoms with van der Waals surface area (Å²) in [4.78, 5) is 25.2. The molecule has 1 aromatic heterocycles. The van der Waals surface area contributed by atoms with E-state index in [0.717, 1.165) is 28.1 Å². The SMILES string of the molecule is CCOc1ccc(NC(=O)Cn2nnc(C(=O)Nc3c(C)cc(C)cc3C)c2C)cc1. The van der Waals surface area contributed by atoms with Gasteiger partial charge in [-0.05, 0) is 70.0 Å². The van der Waals surface area contributed by atoms with Crippen molar-refractivity contribution in [3.05, 3.63) is 64.5 Å². The number of hydrogen-bond donors (Lipinski definition) is 2. The van der Waals surface area contributed by atoms with Crippen LogP contribution >= 0.6 is 0 Å². The maximum absolute atomic E-state index is 12.8. The smallest absolute Gasteiger partial charge is 0.278 e. The number of amides is 2. The van der Waals surface area contributed by atoms with Gasteiger partial charge in [-0.25, -0.2) is 4.68 Å². The first-order valence-corrected chi connectivity index (χ1v) is 10.1. The van der Waals surface area contributed by atoms with Crippen LogP contribution in [-0.4, -0.2) is 33.4 Å². The average Bonchev–Trinajstić information content (AvgIpc) is 3.06. The minimum absolute atomic E-state index is 0.0537. The molecule has 0 aliphatic heterocycles. The van der Waals surface area contributed by atoms with Crippen molar-refractivity contribution in [1.82, 2.24) is 15.0 Å². The second kappa shape index (κ2) is 9.42. The number of benzene rings is 2. The molecular formula is C23H27N5O3. The van der Waals surface area contributed by atoms with Crippen LogP contribution in [0.2, 0.25) is 0 Å². The fraction of sp³-hybridized carbons (Fsp3) is 0.304. The van der Waals surface area contributed by atoms with Crippen molar-refractivity contribution in [2.24, 2.45) is 0 Å². The molecule has 0 fully saturated rings. The zero-order chi connectivity index (χ0) is 22.5. The molecule has 8 nitrogen and oxygen atoms in total. The van der Waals surface area contributed by atoms with Gasteiger partial charge in [-0.15, -0.1) is 5.10 Å². The number of anilines is 2. The van der Waals surface area contributed by atoms with Gasteiger partial charge in [-0.1, -0.05) is 22.9 Å². The van der Waals surface area contributed by atoms with Crippen molar-refractivity contribution in [1.29, 1.82) is 0 Å². The van der Waals surface area contributed by atoms with Crippen LogP contribution in [0.5, 0.6) is 5.75 Å². The average molecular weight is 422 g/mol. The lowest BCUT2D eigenvalue weighted by Gasteiger charge is -2.12. The second-order valence-electron chi connectivity index (χ2n) is 7.41. The Balaban J connectivity index is 1.67. The van der Waals surface area contributed by atoms with Crippen LogP contribution < -0.4 is 15.4 Å². The summed E-state index contributed by atoms with van der Waals surface area (Å²) in [7, 11) is 0. The summed E-state index contributed by atoms with van der Waals surface area (Å²) >= 11 is 0. The molecule has 0 atom stereocenters. The van der Waals surface area contributed by atoms with E-state index in [9.17, 15) is 9.59 Å². The van der Waals surface area contributed by atoms with E-state index in [1.165, 1.54) is 4.68 Å². The molecule has 2 amide bonds. The summed E-state index contributed by atoms with van der Waals surface area (Å²) in [6, 6.07) is 11.1. The van der Waals surface area contributed by atoms with E-state index in [1.807, 2.05) is 39.8 Å². The van der Waals surface area contributed by atoms with Gasteiger partial charge in [0.25, 0.3) is 5.91 Å². The standard InChI is InChI=1S/C23H27N5O3/c1-6-31-19-9-7-18(8-10-19)24-20(29)13-28-17(5)22(26-27-28)23(30)25-21-15(3)11-14(2)12-16(21)4/h7-12H,6,13H2,1-5H3,(H,24,29)(H,25,30). The third-order valence-electron chi connectivity index (χ3n) is 4.86. The predicted octanol–water partition coefficient (Wildman–Crippen LogP) is 3.80. The number of aromatic nitrogens is 3. The summed E-state index contributed by atoms with van der Waals surface area (Å²) in [5.74, 6) is 0.113. The molecule has 2 aromatic carbocycles. The second-order valence-corrected chi connectivity index (χ2v) is 7.41. The highest BCUT2D eigenvalue weighted by atomic mass is 16.5. The van der Waals surface area contributed by atoms with Crippen molar-refractivity contribution >= 4 is 23.2 Å². The van der Waals surface area contributed by atoms with Crippen molar-refractivity contribution in [2.45, 2.75) is 41.2 Å². The first-order chi connectivity index (χ1) is 14.8. The van der Waals surface area contributed by atoms with Gasteiger partial charge < -0.3 is 15.4 Å². The minimum atomic E-state index is -0.356. The van der Waals surface area contributed by atoms with Gasteiger partial charge in [0.05, 0.1) is 12.3 Å². The Labute approximate surface area is 181 Å². The minimum Gasteiger partial charge on any atom is -0.494 e. The Bertz CT molecular complexity index is 1080. The molecule has 0 bridgehead atoms. The lowest BCUT2D eigenvalue weighted by atomic mass is 10.0. The molecule has 3 aromatic rings. The Morgan fingerprint density at radius 2 is 1.65 bits per heavy atom. The first kappa shape index (κ1) is 22.0. The fourth-order valence-electron chi connectivity index (χ4n) is 3.41. The van der Waals surface area contributed by atoms with Crippen LogP contribution in [0.3, 0.4) is 0 Å². The molecule has 162 valence electrons. The number of carbonyl (C=O) groups excluding carboxylic acids is 2. The summed E-state index contributed by atoms with van der Waals surface area (Å²) in [6.07, 6.45) is 0. The quantitative estimate of drug-likeness (QED) is 0.605. The zero-order valence-corrected chi connectivity index (χ0v) is 18.4. The van der Waals surface area contributed by atoms with Crippen LogP contribution in [0.15, 0.2) is 36.4 Å².